The van der Waals surface area contributed by atoms with E-state index in [4.69, 9.17) is 26.4 Å². The number of ether oxygens (including phenoxy) is 3. The minimum absolute atomic E-state index is 0.0169. The van der Waals surface area contributed by atoms with Crippen LogP contribution in [0.5, 0.6) is 11.5 Å². The molecule has 0 unspecified atom stereocenters. The van der Waals surface area contributed by atoms with Crippen molar-refractivity contribution in [2.75, 3.05) is 46.1 Å². The van der Waals surface area contributed by atoms with Gasteiger partial charge in [-0.15, -0.1) is 0 Å². The van der Waals surface area contributed by atoms with Crippen LogP contribution in [0.25, 0.3) is 0 Å². The lowest BCUT2D eigenvalue weighted by molar-refractivity contribution is -0.123. The maximum absolute atomic E-state index is 12.8. The Morgan fingerprint density at radius 1 is 1.17 bits per heavy atom. The smallest absolute Gasteiger partial charge is 0.267 e. The number of carbonyl (C=O) groups is 1. The zero-order valence-corrected chi connectivity index (χ0v) is 18.4. The lowest BCUT2D eigenvalue weighted by atomic mass is 10.1. The molecule has 0 aromatic heterocycles. The van der Waals surface area contributed by atoms with Gasteiger partial charge in [-0.2, -0.15) is 0 Å². The number of nitrogens with zero attached hydrogens (tertiary/aromatic N) is 3. The Morgan fingerprint density at radius 2 is 2.00 bits per heavy atom. The Balaban J connectivity index is 1.14. The number of benzene rings is 1. The van der Waals surface area contributed by atoms with Gasteiger partial charge in [0.15, 0.2) is 11.5 Å². The molecule has 4 aliphatic heterocycles. The molecular weight excluding hydrogens is 422 g/mol. The maximum atomic E-state index is 12.8. The minimum Gasteiger partial charge on any atom is -0.454 e. The first-order valence-electron chi connectivity index (χ1n) is 10.4. The van der Waals surface area contributed by atoms with Crippen LogP contribution in [-0.4, -0.2) is 77.2 Å². The number of thiocarbonyl (C=S) groups is 1. The molecule has 0 spiro atoms. The summed E-state index contributed by atoms with van der Waals surface area (Å²) in [7, 11) is 0. The fourth-order valence-corrected chi connectivity index (χ4v) is 5.44. The van der Waals surface area contributed by atoms with E-state index in [2.05, 4.69) is 21.9 Å². The molecule has 1 aromatic carbocycles. The summed E-state index contributed by atoms with van der Waals surface area (Å²) >= 11 is 6.85. The molecule has 3 fully saturated rings. The van der Waals surface area contributed by atoms with E-state index in [1.807, 2.05) is 12.3 Å². The molecule has 3 saturated heterocycles. The van der Waals surface area contributed by atoms with Gasteiger partial charge in [-0.05, 0) is 30.5 Å². The summed E-state index contributed by atoms with van der Waals surface area (Å²) in [5.74, 6) is 1.67. The lowest BCUT2D eigenvalue weighted by Crippen LogP contribution is -2.43. The summed E-state index contributed by atoms with van der Waals surface area (Å²) in [6.07, 6.45) is 4.17. The third-order valence-electron chi connectivity index (χ3n) is 5.83. The number of rotatable bonds is 5. The van der Waals surface area contributed by atoms with Crippen LogP contribution >= 0.6 is 24.0 Å². The molecule has 0 radical (unpaired) electrons. The first kappa shape index (κ1) is 20.1. The number of hydrogen-bond donors (Lipinski definition) is 0. The molecule has 30 heavy (non-hydrogen) atoms. The number of piperazine rings is 1. The van der Waals surface area contributed by atoms with Crippen LogP contribution in [0, 0.1) is 0 Å². The molecule has 4 aliphatic rings. The van der Waals surface area contributed by atoms with Crippen LogP contribution in [0.4, 0.5) is 0 Å². The summed E-state index contributed by atoms with van der Waals surface area (Å²) in [5, 5.41) is 0. The Morgan fingerprint density at radius 3 is 2.80 bits per heavy atom. The van der Waals surface area contributed by atoms with E-state index in [9.17, 15) is 4.79 Å². The molecule has 0 aliphatic carbocycles. The van der Waals surface area contributed by atoms with Gasteiger partial charge in [0, 0.05) is 45.5 Å². The third kappa shape index (κ3) is 4.30. The Labute approximate surface area is 185 Å². The average Bonchev–Trinajstić information content (AvgIpc) is 3.48. The topological polar surface area (TPSA) is 54.5 Å². The second kappa shape index (κ2) is 8.74. The van der Waals surface area contributed by atoms with Crippen molar-refractivity contribution in [3.05, 3.63) is 34.9 Å². The highest BCUT2D eigenvalue weighted by Crippen LogP contribution is 2.34. The zero-order valence-electron chi connectivity index (χ0n) is 16.7. The summed E-state index contributed by atoms with van der Waals surface area (Å²) in [4.78, 5) is 19.9. The number of hydrogen-bond acceptors (Lipinski definition) is 8. The molecule has 9 heteroatoms. The number of fused-ring (bicyclic) bond motifs is 1. The van der Waals surface area contributed by atoms with Crippen molar-refractivity contribution in [2.24, 2.45) is 0 Å². The highest BCUT2D eigenvalue weighted by Gasteiger charge is 2.35. The van der Waals surface area contributed by atoms with Crippen LogP contribution in [0.15, 0.2) is 29.3 Å². The normalized spacial score (nSPS) is 25.7. The summed E-state index contributed by atoms with van der Waals surface area (Å²) < 4.78 is 17.2. The van der Waals surface area contributed by atoms with Gasteiger partial charge < -0.3 is 19.1 Å². The molecule has 5 rings (SSSR count). The third-order valence-corrected chi connectivity index (χ3v) is 7.20. The second-order valence-corrected chi connectivity index (χ2v) is 9.59. The van der Waals surface area contributed by atoms with Gasteiger partial charge in [0.25, 0.3) is 5.91 Å². The van der Waals surface area contributed by atoms with E-state index in [1.165, 1.54) is 17.3 Å². The van der Waals surface area contributed by atoms with E-state index >= 15 is 0 Å². The molecule has 4 heterocycles. The Bertz CT molecular complexity index is 864. The van der Waals surface area contributed by atoms with Crippen LogP contribution in [0.1, 0.15) is 18.4 Å². The summed E-state index contributed by atoms with van der Waals surface area (Å²) in [6.45, 7) is 6.21. The molecule has 1 atom stereocenters. The van der Waals surface area contributed by atoms with Crippen molar-refractivity contribution < 1.29 is 19.0 Å². The molecule has 0 N–H and O–H groups in total. The van der Waals surface area contributed by atoms with Crippen molar-refractivity contribution in [1.82, 2.24) is 14.7 Å². The van der Waals surface area contributed by atoms with Crippen molar-refractivity contribution in [1.29, 1.82) is 0 Å². The standard InChI is InChI=1S/C21H25N3O4S2/c25-20-19(30-21(29)24(20)12-16-2-1-9-26-16)13-23-7-5-22(6-8-23)11-15-3-4-17-18(10-15)28-14-27-17/h3-4,10,13,16H,1-2,5-9,11-12,14H2/b19-13+/t16-/m1/s1. The highest BCUT2D eigenvalue weighted by molar-refractivity contribution is 8.26. The van der Waals surface area contributed by atoms with Crippen molar-refractivity contribution in [3.63, 3.8) is 0 Å². The fraction of sp³-hybridized carbons (Fsp3) is 0.524. The van der Waals surface area contributed by atoms with Crippen molar-refractivity contribution in [2.45, 2.75) is 25.5 Å². The number of thioether (sulfide) groups is 1. The minimum atomic E-state index is 0.0169. The van der Waals surface area contributed by atoms with E-state index in [0.717, 1.165) is 68.6 Å². The summed E-state index contributed by atoms with van der Waals surface area (Å²) in [6, 6.07) is 6.14. The van der Waals surface area contributed by atoms with Crippen molar-refractivity contribution >= 4 is 34.2 Å². The lowest BCUT2D eigenvalue weighted by Gasteiger charge is -2.34. The van der Waals surface area contributed by atoms with Crippen LogP contribution in [-0.2, 0) is 16.1 Å². The molecule has 1 amide bonds. The van der Waals surface area contributed by atoms with Gasteiger partial charge in [0.05, 0.1) is 17.6 Å². The van der Waals surface area contributed by atoms with E-state index < -0.39 is 0 Å². The zero-order chi connectivity index (χ0) is 20.5. The first-order chi connectivity index (χ1) is 14.7. The quantitative estimate of drug-likeness (QED) is 0.504. The van der Waals surface area contributed by atoms with Crippen LogP contribution in [0.3, 0.4) is 0 Å². The SMILES string of the molecule is O=C1/C(=C\N2CCN(Cc3ccc4c(c3)OCO4)CC2)SC(=S)N1C[C@H]1CCCO1. The predicted molar refractivity (Wildman–Crippen MR) is 118 cm³/mol. The molecular formula is C21H25N3O4S2. The first-order valence-corrected chi connectivity index (χ1v) is 11.6. The molecule has 7 nitrogen and oxygen atoms in total. The van der Waals surface area contributed by atoms with Gasteiger partial charge in [0.2, 0.25) is 6.79 Å². The molecule has 1 aromatic rings. The molecule has 0 saturated carbocycles. The monoisotopic (exact) mass is 447 g/mol. The van der Waals surface area contributed by atoms with Gasteiger partial charge in [-0.25, -0.2) is 0 Å². The number of carbonyl (C=O) groups excluding carboxylic acids is 1. The maximum Gasteiger partial charge on any atom is 0.267 e. The summed E-state index contributed by atoms with van der Waals surface area (Å²) in [5.41, 5.74) is 1.22. The van der Waals surface area contributed by atoms with Gasteiger partial charge in [-0.1, -0.05) is 30.0 Å². The van der Waals surface area contributed by atoms with E-state index in [1.54, 1.807) is 4.90 Å². The van der Waals surface area contributed by atoms with E-state index in [-0.39, 0.29) is 12.0 Å². The van der Waals surface area contributed by atoms with Crippen LogP contribution < -0.4 is 9.47 Å². The second-order valence-electron chi connectivity index (χ2n) is 7.91. The predicted octanol–water partition coefficient (Wildman–Crippen LogP) is 2.41. The fourth-order valence-electron chi connectivity index (χ4n) is 4.15. The van der Waals surface area contributed by atoms with Gasteiger partial charge >= 0.3 is 0 Å². The van der Waals surface area contributed by atoms with Gasteiger partial charge in [0.1, 0.15) is 4.32 Å². The largest absolute Gasteiger partial charge is 0.454 e. The Hall–Kier alpha value is -1.81. The van der Waals surface area contributed by atoms with Gasteiger partial charge in [-0.3, -0.25) is 14.6 Å². The van der Waals surface area contributed by atoms with Crippen molar-refractivity contribution in [3.8, 4) is 11.5 Å². The molecule has 0 bridgehead atoms. The van der Waals surface area contributed by atoms with Crippen LogP contribution in [0.2, 0.25) is 0 Å². The molecule has 160 valence electrons. The average molecular weight is 448 g/mol. The highest BCUT2D eigenvalue weighted by atomic mass is 32.2. The number of amides is 1. The van der Waals surface area contributed by atoms with E-state index in [0.29, 0.717) is 17.7 Å². The Kier molecular flexibility index (Phi) is 5.86.